The molecule has 20 aromatic rings. The molecule has 0 saturated carbocycles. The SMILES string of the molecule is N#CC(c1ccccc1)(c1ccccc1)c1ccccc1Cl.N#CC(c1ccccc1)(c1ccccc1)c1ccccc1F.NC(c1ccccc1)(c1ccccc1)c1ccccc1Cl.OC(c1ccccc1)(c1ccccc1)c1ccccc1F.c1ccc(C(c2ccccc2)(c2cccs2)n2cccn2)cc1.c1ccc(C(c2ccccc2)(c2cccs2)n2ccnc2)cc1. The van der Waals surface area contributed by atoms with E-state index in [9.17, 15) is 24.4 Å². The van der Waals surface area contributed by atoms with Gasteiger partial charge in [-0.15, -0.1) is 22.7 Å². The summed E-state index contributed by atoms with van der Waals surface area (Å²) in [6, 6.07) is 163. The maximum absolute atomic E-state index is 14.5. The Hall–Kier alpha value is -15.3. The number of thiophene rings is 2. The molecule has 14 heteroatoms. The van der Waals surface area contributed by atoms with Crippen molar-refractivity contribution < 1.29 is 13.9 Å². The van der Waals surface area contributed by atoms with E-state index in [0.29, 0.717) is 26.7 Å². The highest BCUT2D eigenvalue weighted by Gasteiger charge is 2.44. The van der Waals surface area contributed by atoms with Crippen molar-refractivity contribution >= 4 is 45.9 Å². The molecule has 20 rings (SSSR count). The Labute approximate surface area is 788 Å². The number of aromatic nitrogens is 4. The van der Waals surface area contributed by atoms with Crippen LogP contribution in [0.25, 0.3) is 0 Å². The fraction of sp³-hybridized carbons (Fsp3) is 0.0508. The second kappa shape index (κ2) is 43.7. The molecule has 0 atom stereocenters. The Balaban J connectivity index is 0.000000121. The van der Waals surface area contributed by atoms with Crippen molar-refractivity contribution in [2.75, 3.05) is 0 Å². The minimum absolute atomic E-state index is 0.252. The number of nitrogens with two attached hydrogens (primary N) is 1. The number of nitriles is 2. The topological polar surface area (TPSA) is 129 Å². The summed E-state index contributed by atoms with van der Waals surface area (Å²) in [5, 5.41) is 41.7. The molecule has 4 aromatic heterocycles. The van der Waals surface area contributed by atoms with Crippen molar-refractivity contribution in [3.8, 4) is 12.1 Å². The number of aliphatic hydroxyl groups is 1. The zero-order chi connectivity index (χ0) is 91.3. The summed E-state index contributed by atoms with van der Waals surface area (Å²) < 4.78 is 33.0. The van der Waals surface area contributed by atoms with Gasteiger partial charge in [0.2, 0.25) is 0 Å². The molecule has 3 N–H and O–H groups in total. The van der Waals surface area contributed by atoms with Gasteiger partial charge in [0.05, 0.1) is 24.0 Å². The summed E-state index contributed by atoms with van der Waals surface area (Å²) in [5.41, 5.74) is 15.6. The first-order chi connectivity index (χ1) is 64.9. The fourth-order valence-corrected chi connectivity index (χ4v) is 19.7. The zero-order valence-electron chi connectivity index (χ0n) is 71.8. The standard InChI is InChI=1S/C20H14ClN.C20H14FN.2C20H16N2S.C19H16ClN.C19H15FO/c2*21-19-14-8-7-13-18(19)20(15-22,16-9-3-1-4-10-16)17-11-5-2-6-12-17;1-3-9-17(10-4-1)20(19-13-7-16-23-19,22-15-8-14-21-22)18-11-5-2-6-12-18;1-3-8-17(9-4-1)20(19-12-7-15-23-19,22-14-13-21-16-22)18-10-5-2-6-11-18;2*20-18-14-8-7-13-17(18)19(21,15-9-3-1-4-10-15)16-11-5-2-6-12-16/h2*1-14H;2*1-16H;1-14H,21H2;1-14,21H. The average Bonchev–Trinajstić information content (AvgIpc) is 1.46. The normalized spacial score (nSPS) is 11.2. The Morgan fingerprint density at radius 3 is 0.871 bits per heavy atom. The molecule has 4 heterocycles. The maximum Gasteiger partial charge on any atom is 0.147 e. The second-order valence-electron chi connectivity index (χ2n) is 30.8. The first-order valence-corrected chi connectivity index (χ1v) is 45.5. The van der Waals surface area contributed by atoms with Crippen molar-refractivity contribution in [1.82, 2.24) is 19.3 Å². The van der Waals surface area contributed by atoms with E-state index in [1.54, 1.807) is 83.3 Å². The van der Waals surface area contributed by atoms with Crippen molar-refractivity contribution in [2.45, 2.75) is 33.0 Å². The van der Waals surface area contributed by atoms with Crippen LogP contribution in [0.4, 0.5) is 8.78 Å². The van der Waals surface area contributed by atoms with Gasteiger partial charge in [0, 0.05) is 55.7 Å². The number of nitrogens with zero attached hydrogens (tertiary/aromatic N) is 6. The smallest absolute Gasteiger partial charge is 0.147 e. The van der Waals surface area contributed by atoms with E-state index in [-0.39, 0.29) is 11.4 Å². The van der Waals surface area contributed by atoms with Crippen molar-refractivity contribution in [3.63, 3.8) is 0 Å². The molecule has 0 unspecified atom stereocenters. The minimum Gasteiger partial charge on any atom is -0.376 e. The van der Waals surface area contributed by atoms with Gasteiger partial charge in [-0.2, -0.15) is 15.6 Å². The van der Waals surface area contributed by atoms with Crippen molar-refractivity contribution in [1.29, 1.82) is 10.5 Å². The predicted octanol–water partition coefficient (Wildman–Crippen LogP) is 28.2. The van der Waals surface area contributed by atoms with Gasteiger partial charge in [0.25, 0.3) is 0 Å². The summed E-state index contributed by atoms with van der Waals surface area (Å²) >= 11 is 16.4. The third-order valence-electron chi connectivity index (χ3n) is 23.4. The molecule has 132 heavy (non-hydrogen) atoms. The van der Waals surface area contributed by atoms with Crippen LogP contribution >= 0.6 is 45.9 Å². The molecule has 0 radical (unpaired) electrons. The quantitative estimate of drug-likeness (QED) is 0.0731. The first kappa shape index (κ1) is 91.4. The maximum atomic E-state index is 14.5. The van der Waals surface area contributed by atoms with Crippen LogP contribution in [0.15, 0.2) is 533 Å². The van der Waals surface area contributed by atoms with Gasteiger partial charge in [0.1, 0.15) is 39.1 Å². The molecule has 0 saturated heterocycles. The van der Waals surface area contributed by atoms with Crippen molar-refractivity contribution in [3.05, 3.63) is 654 Å². The lowest BCUT2D eigenvalue weighted by molar-refractivity contribution is 0.121. The highest BCUT2D eigenvalue weighted by atomic mass is 35.5. The van der Waals surface area contributed by atoms with Gasteiger partial charge < -0.3 is 15.4 Å². The van der Waals surface area contributed by atoms with Gasteiger partial charge in [-0.3, -0.25) is 4.68 Å². The molecule has 0 bridgehead atoms. The van der Waals surface area contributed by atoms with Crippen LogP contribution in [0.1, 0.15) is 98.8 Å². The van der Waals surface area contributed by atoms with E-state index in [2.05, 4.69) is 188 Å². The average molecular weight is 1800 g/mol. The monoisotopic (exact) mass is 1790 g/mol. The van der Waals surface area contributed by atoms with E-state index < -0.39 is 38.9 Å². The van der Waals surface area contributed by atoms with Gasteiger partial charge in [0.15, 0.2) is 0 Å². The van der Waals surface area contributed by atoms with Crippen LogP contribution in [0.2, 0.25) is 10.0 Å². The minimum atomic E-state index is -1.51. The second-order valence-corrected chi connectivity index (χ2v) is 33.6. The Morgan fingerprint density at radius 2 is 0.568 bits per heavy atom. The third kappa shape index (κ3) is 19.1. The summed E-state index contributed by atoms with van der Waals surface area (Å²) in [4.78, 5) is 6.84. The lowest BCUT2D eigenvalue weighted by atomic mass is 9.70. The highest BCUT2D eigenvalue weighted by molar-refractivity contribution is 7.10. The number of halogens is 4. The predicted molar refractivity (Wildman–Crippen MR) is 534 cm³/mol. The first-order valence-electron chi connectivity index (χ1n) is 42.9. The van der Waals surface area contributed by atoms with Crippen LogP contribution in [0, 0.1) is 34.3 Å². The Morgan fingerprint density at radius 1 is 0.288 bits per heavy atom. The molecule has 8 nitrogen and oxygen atoms in total. The molecule has 0 aliphatic rings. The van der Waals surface area contributed by atoms with E-state index in [4.69, 9.17) is 28.9 Å². The lowest BCUT2D eigenvalue weighted by Crippen LogP contribution is -2.39. The van der Waals surface area contributed by atoms with Crippen LogP contribution in [-0.4, -0.2) is 24.4 Å². The van der Waals surface area contributed by atoms with Gasteiger partial charge >= 0.3 is 0 Å². The van der Waals surface area contributed by atoms with E-state index in [1.165, 1.54) is 44.1 Å². The van der Waals surface area contributed by atoms with Crippen LogP contribution in [-0.2, 0) is 33.0 Å². The molecular formula is C118H91Cl2F2N7OS2. The summed E-state index contributed by atoms with van der Waals surface area (Å²) in [6.45, 7) is 0. The molecule has 0 aliphatic heterocycles. The van der Waals surface area contributed by atoms with Gasteiger partial charge in [-0.05, 0) is 131 Å². The molecule has 644 valence electrons. The van der Waals surface area contributed by atoms with Crippen molar-refractivity contribution in [2.24, 2.45) is 5.73 Å². The van der Waals surface area contributed by atoms with Crippen LogP contribution in [0.3, 0.4) is 0 Å². The number of hydrogen-bond donors (Lipinski definition) is 2. The summed E-state index contributed by atoms with van der Waals surface area (Å²) in [5.74, 6) is -0.801. The fourth-order valence-electron chi connectivity index (χ4n) is 17.2. The molecular weight excluding hydrogens is 1700 g/mol. The zero-order valence-corrected chi connectivity index (χ0v) is 75.0. The molecule has 16 aromatic carbocycles. The Bertz CT molecular complexity index is 6230. The highest BCUT2D eigenvalue weighted by Crippen LogP contribution is 2.48. The van der Waals surface area contributed by atoms with Gasteiger partial charge in [-0.1, -0.05) is 472 Å². The summed E-state index contributed by atoms with van der Waals surface area (Å²) in [7, 11) is 0. The van der Waals surface area contributed by atoms with E-state index in [0.717, 1.165) is 44.5 Å². The molecule has 0 amide bonds. The summed E-state index contributed by atoms with van der Waals surface area (Å²) in [6.07, 6.45) is 9.67. The largest absolute Gasteiger partial charge is 0.376 e. The number of hydrogen-bond acceptors (Lipinski definition) is 8. The van der Waals surface area contributed by atoms with E-state index in [1.807, 2.05) is 304 Å². The van der Waals surface area contributed by atoms with Crippen LogP contribution in [0.5, 0.6) is 0 Å². The number of benzene rings is 16. The van der Waals surface area contributed by atoms with E-state index >= 15 is 0 Å². The Kier molecular flexibility index (Phi) is 30.2. The molecule has 0 spiro atoms. The number of rotatable bonds is 20. The number of imidazole rings is 1. The molecule has 0 fully saturated rings. The third-order valence-corrected chi connectivity index (χ3v) is 26.0. The lowest BCUT2D eigenvalue weighted by Gasteiger charge is -2.35. The van der Waals surface area contributed by atoms with Gasteiger partial charge in [-0.25, -0.2) is 13.8 Å². The molecule has 0 aliphatic carbocycles. The van der Waals surface area contributed by atoms with Crippen LogP contribution < -0.4 is 5.73 Å².